The van der Waals surface area contributed by atoms with E-state index in [1.165, 1.54) is 6.07 Å². The number of anilines is 1. The molecule has 4 N–H and O–H groups in total. The van der Waals surface area contributed by atoms with Crippen molar-refractivity contribution >= 4 is 17.4 Å². The highest BCUT2D eigenvalue weighted by molar-refractivity contribution is 6.04. The number of aryl methyl sites for hydroxylation is 1. The van der Waals surface area contributed by atoms with Crippen LogP contribution in [0.3, 0.4) is 0 Å². The Morgan fingerprint density at radius 3 is 2.31 bits per heavy atom. The molecule has 8 heteroatoms. The number of halogens is 2. The average molecular weight is 393 g/mol. The first-order chi connectivity index (χ1) is 13.9. The highest BCUT2D eigenvalue weighted by Crippen LogP contribution is 2.26. The molecule has 1 amide bonds. The van der Waals surface area contributed by atoms with Crippen LogP contribution in [0.5, 0.6) is 0 Å². The van der Waals surface area contributed by atoms with Crippen LogP contribution < -0.4 is 11.1 Å². The molecule has 0 heterocycles. The molecular formula is C21H17F2N5O. The van der Waals surface area contributed by atoms with Gasteiger partial charge in [-0.25, -0.2) is 8.78 Å². The van der Waals surface area contributed by atoms with E-state index < -0.39 is 23.1 Å². The Labute approximate surface area is 165 Å². The number of carbonyl (C=O) groups is 1. The summed E-state index contributed by atoms with van der Waals surface area (Å²) in [6.45, 7) is 1.93. The summed E-state index contributed by atoms with van der Waals surface area (Å²) in [5.74, 6) is -2.60. The number of nitrogens with one attached hydrogen (secondary N) is 2. The topological polar surface area (TPSA) is 104 Å². The summed E-state index contributed by atoms with van der Waals surface area (Å²) in [6.07, 6.45) is 0. The van der Waals surface area contributed by atoms with Crippen LogP contribution >= 0.6 is 0 Å². The molecule has 3 aromatic carbocycles. The van der Waals surface area contributed by atoms with Gasteiger partial charge < -0.3 is 11.1 Å². The fraction of sp³-hybridized carbons (Fsp3) is 0.0476. The lowest BCUT2D eigenvalue weighted by atomic mass is 9.97. The van der Waals surface area contributed by atoms with Crippen molar-refractivity contribution in [2.24, 2.45) is 16.1 Å². The minimum absolute atomic E-state index is 0.122. The van der Waals surface area contributed by atoms with E-state index in [4.69, 9.17) is 11.3 Å². The van der Waals surface area contributed by atoms with Crippen molar-refractivity contribution < 1.29 is 13.6 Å². The maximum atomic E-state index is 13.8. The zero-order valence-corrected chi connectivity index (χ0v) is 15.4. The number of hydrogen-bond acceptors (Lipinski definition) is 3. The number of benzene rings is 3. The number of carbonyl (C=O) groups excluding carboxylic acids is 1. The van der Waals surface area contributed by atoms with Gasteiger partial charge in [0.25, 0.3) is 5.91 Å². The number of hydrogen-bond donors (Lipinski definition) is 3. The Morgan fingerprint density at radius 1 is 1.03 bits per heavy atom. The second-order valence-electron chi connectivity index (χ2n) is 6.24. The molecule has 0 saturated heterocycles. The van der Waals surface area contributed by atoms with Gasteiger partial charge in [0.15, 0.2) is 5.84 Å². The van der Waals surface area contributed by atoms with E-state index in [1.807, 2.05) is 19.1 Å². The first-order valence-corrected chi connectivity index (χ1v) is 8.57. The minimum atomic E-state index is -0.926. The van der Waals surface area contributed by atoms with Gasteiger partial charge in [0.05, 0.1) is 0 Å². The summed E-state index contributed by atoms with van der Waals surface area (Å²) < 4.78 is 27.5. The van der Waals surface area contributed by atoms with E-state index in [1.54, 1.807) is 30.3 Å². The van der Waals surface area contributed by atoms with Gasteiger partial charge in [-0.15, -0.1) is 5.10 Å². The number of amides is 1. The maximum absolute atomic E-state index is 13.8. The Morgan fingerprint density at radius 2 is 1.69 bits per heavy atom. The van der Waals surface area contributed by atoms with E-state index in [9.17, 15) is 13.6 Å². The van der Waals surface area contributed by atoms with Gasteiger partial charge in [0.1, 0.15) is 17.2 Å². The van der Waals surface area contributed by atoms with Crippen molar-refractivity contribution in [1.82, 2.24) is 0 Å². The summed E-state index contributed by atoms with van der Waals surface area (Å²) in [5, 5.41) is 8.95. The number of nitrogens with zero attached hydrogens (tertiary/aromatic N) is 2. The Hall–Kier alpha value is -3.94. The van der Waals surface area contributed by atoms with Crippen molar-refractivity contribution in [1.29, 1.82) is 5.53 Å². The fourth-order valence-electron chi connectivity index (χ4n) is 2.85. The molecule has 146 valence electrons. The van der Waals surface area contributed by atoms with Gasteiger partial charge in [-0.2, -0.15) is 5.53 Å². The standard InChI is InChI=1S/C21H17F2N5O/c1-12-5-6-14(20(24)27-28-25)11-16(12)13-7-9-15(10-8-13)26-21(29)19-17(22)3-2-4-18(19)23/h2-11H,1H3,(H,26,29)(H3,24,25,27). The second kappa shape index (κ2) is 8.39. The van der Waals surface area contributed by atoms with Gasteiger partial charge in [-0.1, -0.05) is 35.6 Å². The van der Waals surface area contributed by atoms with Crippen LogP contribution in [0.25, 0.3) is 11.1 Å². The summed E-state index contributed by atoms with van der Waals surface area (Å²) in [7, 11) is 0. The molecule has 3 rings (SSSR count). The minimum Gasteiger partial charge on any atom is -0.382 e. The molecule has 0 aromatic heterocycles. The first kappa shape index (κ1) is 19.8. The molecule has 0 unspecified atom stereocenters. The first-order valence-electron chi connectivity index (χ1n) is 8.57. The summed E-state index contributed by atoms with van der Waals surface area (Å²) in [6, 6.07) is 15.5. The third kappa shape index (κ3) is 4.32. The maximum Gasteiger partial charge on any atom is 0.261 e. The summed E-state index contributed by atoms with van der Waals surface area (Å²) in [5.41, 5.74) is 15.7. The number of rotatable bonds is 5. The molecule has 0 bridgehead atoms. The van der Waals surface area contributed by atoms with Gasteiger partial charge in [0.2, 0.25) is 0 Å². The average Bonchev–Trinajstić information content (AvgIpc) is 2.69. The molecule has 0 aliphatic heterocycles. The van der Waals surface area contributed by atoms with Crippen LogP contribution in [-0.4, -0.2) is 11.7 Å². The molecule has 0 spiro atoms. The van der Waals surface area contributed by atoms with Crippen molar-refractivity contribution in [3.8, 4) is 11.1 Å². The quantitative estimate of drug-likeness (QED) is 0.250. The molecule has 0 atom stereocenters. The molecule has 0 aliphatic rings. The summed E-state index contributed by atoms with van der Waals surface area (Å²) in [4.78, 5) is 12.2. The Balaban J connectivity index is 1.86. The highest BCUT2D eigenvalue weighted by atomic mass is 19.1. The zero-order chi connectivity index (χ0) is 21.0. The molecule has 29 heavy (non-hydrogen) atoms. The lowest BCUT2D eigenvalue weighted by Crippen LogP contribution is -2.15. The predicted octanol–water partition coefficient (Wildman–Crippen LogP) is 4.84. The molecule has 0 fully saturated rings. The van der Waals surface area contributed by atoms with Crippen LogP contribution in [0, 0.1) is 24.1 Å². The van der Waals surface area contributed by atoms with Gasteiger partial charge in [-0.3, -0.25) is 4.79 Å². The molecule has 0 aliphatic carbocycles. The summed E-state index contributed by atoms with van der Waals surface area (Å²) >= 11 is 0. The SMILES string of the molecule is Cc1ccc(C(N)=NN=N)cc1-c1ccc(NC(=O)c2c(F)cccc2F)cc1. The van der Waals surface area contributed by atoms with E-state index in [-0.39, 0.29) is 5.84 Å². The molecule has 0 saturated carbocycles. The van der Waals surface area contributed by atoms with Crippen LogP contribution in [0.15, 0.2) is 71.0 Å². The largest absolute Gasteiger partial charge is 0.382 e. The number of nitrogens with two attached hydrogens (primary N) is 1. The Kier molecular flexibility index (Phi) is 5.73. The van der Waals surface area contributed by atoms with Crippen LogP contribution in [-0.2, 0) is 0 Å². The molecule has 3 aromatic rings. The third-order valence-corrected chi connectivity index (χ3v) is 4.33. The van der Waals surface area contributed by atoms with Crippen molar-refractivity contribution in [2.45, 2.75) is 6.92 Å². The van der Waals surface area contributed by atoms with Crippen molar-refractivity contribution in [3.05, 3.63) is 89.0 Å². The Bertz CT molecular complexity index is 1090. The molecule has 0 radical (unpaired) electrons. The fourth-order valence-corrected chi connectivity index (χ4v) is 2.85. The van der Waals surface area contributed by atoms with Crippen molar-refractivity contribution in [3.63, 3.8) is 0 Å². The lowest BCUT2D eigenvalue weighted by Gasteiger charge is -2.11. The van der Waals surface area contributed by atoms with Gasteiger partial charge in [-0.05, 0) is 53.9 Å². The second-order valence-corrected chi connectivity index (χ2v) is 6.24. The zero-order valence-electron chi connectivity index (χ0n) is 15.4. The lowest BCUT2D eigenvalue weighted by molar-refractivity contribution is 0.101. The van der Waals surface area contributed by atoms with E-state index >= 15 is 0 Å². The van der Waals surface area contributed by atoms with E-state index in [0.717, 1.165) is 28.8 Å². The van der Waals surface area contributed by atoms with Gasteiger partial charge >= 0.3 is 0 Å². The van der Waals surface area contributed by atoms with E-state index in [0.29, 0.717) is 11.3 Å². The van der Waals surface area contributed by atoms with Crippen LogP contribution in [0.4, 0.5) is 14.5 Å². The van der Waals surface area contributed by atoms with Crippen molar-refractivity contribution in [2.75, 3.05) is 5.32 Å². The van der Waals surface area contributed by atoms with Crippen LogP contribution in [0.1, 0.15) is 21.5 Å². The monoisotopic (exact) mass is 393 g/mol. The number of amidine groups is 1. The molecular weight excluding hydrogens is 376 g/mol. The van der Waals surface area contributed by atoms with E-state index in [2.05, 4.69) is 15.6 Å². The molecule has 6 nitrogen and oxygen atoms in total. The van der Waals surface area contributed by atoms with Gasteiger partial charge in [0, 0.05) is 11.3 Å². The van der Waals surface area contributed by atoms with Crippen LogP contribution in [0.2, 0.25) is 0 Å². The third-order valence-electron chi connectivity index (χ3n) is 4.33. The highest BCUT2D eigenvalue weighted by Gasteiger charge is 2.17. The predicted molar refractivity (Wildman–Crippen MR) is 107 cm³/mol. The smallest absolute Gasteiger partial charge is 0.261 e. The normalized spacial score (nSPS) is 11.2.